The van der Waals surface area contributed by atoms with E-state index < -0.39 is 29.7 Å². The summed E-state index contributed by atoms with van der Waals surface area (Å²) in [5.74, 6) is -2.79. The van der Waals surface area contributed by atoms with Crippen molar-refractivity contribution in [3.8, 4) is 0 Å². The van der Waals surface area contributed by atoms with Crippen molar-refractivity contribution in [2.24, 2.45) is 5.92 Å². The van der Waals surface area contributed by atoms with Crippen LogP contribution in [0.4, 0.5) is 0 Å². The zero-order chi connectivity index (χ0) is 14.6. The van der Waals surface area contributed by atoms with E-state index >= 15 is 0 Å². The van der Waals surface area contributed by atoms with Crippen LogP contribution < -0.4 is 5.32 Å². The number of rotatable bonds is 6. The second-order valence-electron chi connectivity index (χ2n) is 4.54. The Kier molecular flexibility index (Phi) is 4.80. The summed E-state index contributed by atoms with van der Waals surface area (Å²) in [6, 6.07) is -0.976. The summed E-state index contributed by atoms with van der Waals surface area (Å²) >= 11 is 0. The molecule has 0 aliphatic carbocycles. The van der Waals surface area contributed by atoms with Gasteiger partial charge in [0.05, 0.1) is 0 Å². The molecule has 104 valence electrons. The molecule has 3 amide bonds. The first-order valence-corrected chi connectivity index (χ1v) is 5.88. The number of nitrogens with zero attached hydrogens (tertiary/aromatic N) is 1. The zero-order valence-corrected chi connectivity index (χ0v) is 10.8. The molecule has 0 saturated heterocycles. The Labute approximate surface area is 110 Å². The van der Waals surface area contributed by atoms with Crippen molar-refractivity contribution in [2.75, 3.05) is 6.54 Å². The van der Waals surface area contributed by atoms with Crippen molar-refractivity contribution in [3.05, 3.63) is 12.2 Å². The van der Waals surface area contributed by atoms with E-state index in [1.165, 1.54) is 0 Å². The Hall–Kier alpha value is -2.18. The van der Waals surface area contributed by atoms with Crippen molar-refractivity contribution >= 4 is 23.7 Å². The van der Waals surface area contributed by atoms with Crippen LogP contribution in [0.2, 0.25) is 0 Å². The molecule has 0 saturated carbocycles. The largest absolute Gasteiger partial charge is 0.480 e. The molecule has 0 aromatic heterocycles. The first kappa shape index (κ1) is 14.9. The Morgan fingerprint density at radius 1 is 1.26 bits per heavy atom. The van der Waals surface area contributed by atoms with Gasteiger partial charge in [-0.3, -0.25) is 19.3 Å². The molecule has 0 unspecified atom stereocenters. The molecule has 1 aliphatic rings. The van der Waals surface area contributed by atoms with E-state index in [4.69, 9.17) is 5.11 Å². The van der Waals surface area contributed by atoms with E-state index in [1.807, 2.05) is 0 Å². The molecule has 0 fully saturated rings. The third kappa shape index (κ3) is 3.90. The maximum absolute atomic E-state index is 11.6. The summed E-state index contributed by atoms with van der Waals surface area (Å²) in [4.78, 5) is 45.9. The number of amides is 3. The van der Waals surface area contributed by atoms with E-state index in [0.717, 1.165) is 17.1 Å². The Morgan fingerprint density at radius 2 is 1.79 bits per heavy atom. The molecule has 1 atom stereocenters. The van der Waals surface area contributed by atoms with Gasteiger partial charge in [0.25, 0.3) is 11.8 Å². The Bertz CT molecular complexity index is 423. The van der Waals surface area contributed by atoms with Crippen LogP contribution >= 0.6 is 0 Å². The van der Waals surface area contributed by atoms with Crippen LogP contribution in [0, 0.1) is 5.92 Å². The van der Waals surface area contributed by atoms with Gasteiger partial charge in [-0.05, 0) is 5.92 Å². The normalized spacial score (nSPS) is 16.1. The Morgan fingerprint density at radius 3 is 2.21 bits per heavy atom. The molecule has 0 aromatic carbocycles. The number of aliphatic carboxylic acids is 1. The highest BCUT2D eigenvalue weighted by molar-refractivity contribution is 6.13. The van der Waals surface area contributed by atoms with E-state index in [0.29, 0.717) is 0 Å². The van der Waals surface area contributed by atoms with E-state index in [9.17, 15) is 19.2 Å². The smallest absolute Gasteiger partial charge is 0.326 e. The van der Waals surface area contributed by atoms with Gasteiger partial charge in [0.1, 0.15) is 6.04 Å². The summed E-state index contributed by atoms with van der Waals surface area (Å²) in [7, 11) is 0. The fourth-order valence-electron chi connectivity index (χ4n) is 1.62. The molecular weight excluding hydrogens is 252 g/mol. The molecule has 1 heterocycles. The lowest BCUT2D eigenvalue weighted by Gasteiger charge is -2.19. The lowest BCUT2D eigenvalue weighted by molar-refractivity contribution is -0.143. The molecule has 2 N–H and O–H groups in total. The van der Waals surface area contributed by atoms with E-state index in [2.05, 4.69) is 5.32 Å². The van der Waals surface area contributed by atoms with Crippen LogP contribution in [0.25, 0.3) is 0 Å². The summed E-state index contributed by atoms with van der Waals surface area (Å²) in [5, 5.41) is 11.3. The maximum atomic E-state index is 11.6. The number of carboxylic acid groups (broad SMARTS) is 1. The summed E-state index contributed by atoms with van der Waals surface area (Å²) in [6.45, 7) is 3.30. The molecular formula is C12H16N2O5. The van der Waals surface area contributed by atoms with Gasteiger partial charge in [0.15, 0.2) is 0 Å². The minimum atomic E-state index is -1.11. The maximum Gasteiger partial charge on any atom is 0.326 e. The minimum Gasteiger partial charge on any atom is -0.480 e. The van der Waals surface area contributed by atoms with Gasteiger partial charge < -0.3 is 10.4 Å². The molecule has 0 bridgehead atoms. The second-order valence-corrected chi connectivity index (χ2v) is 4.54. The van der Waals surface area contributed by atoms with E-state index in [-0.39, 0.29) is 18.9 Å². The number of hydrogen-bond donors (Lipinski definition) is 2. The van der Waals surface area contributed by atoms with E-state index in [1.54, 1.807) is 13.8 Å². The van der Waals surface area contributed by atoms with Crippen LogP contribution in [-0.2, 0) is 19.2 Å². The van der Waals surface area contributed by atoms with Gasteiger partial charge in [-0.15, -0.1) is 0 Å². The molecule has 1 rings (SSSR count). The fourth-order valence-corrected chi connectivity index (χ4v) is 1.62. The SMILES string of the molecule is CC(C)[C@H](NC(=O)CCN1C(=O)C=CC1=O)C(=O)O. The number of carboxylic acids is 1. The quantitative estimate of drug-likeness (QED) is 0.634. The van der Waals surface area contributed by atoms with Crippen LogP contribution in [0.3, 0.4) is 0 Å². The highest BCUT2D eigenvalue weighted by atomic mass is 16.4. The average molecular weight is 268 g/mol. The third-order valence-electron chi connectivity index (χ3n) is 2.71. The van der Waals surface area contributed by atoms with Crippen LogP contribution in [0.15, 0.2) is 12.2 Å². The van der Waals surface area contributed by atoms with Gasteiger partial charge in [0, 0.05) is 25.1 Å². The summed E-state index contributed by atoms with van der Waals surface area (Å²) < 4.78 is 0. The van der Waals surface area contributed by atoms with Crippen molar-refractivity contribution in [2.45, 2.75) is 26.3 Å². The predicted octanol–water partition coefficient (Wildman–Crippen LogP) is -0.473. The molecule has 0 spiro atoms. The molecule has 1 aliphatic heterocycles. The van der Waals surface area contributed by atoms with Gasteiger partial charge in [-0.25, -0.2) is 4.79 Å². The second kappa shape index (κ2) is 6.12. The monoisotopic (exact) mass is 268 g/mol. The third-order valence-corrected chi connectivity index (χ3v) is 2.71. The summed E-state index contributed by atoms with van der Waals surface area (Å²) in [5.41, 5.74) is 0. The fraction of sp³-hybridized carbons (Fsp3) is 0.500. The number of carbonyl (C=O) groups excluding carboxylic acids is 3. The number of imide groups is 1. The molecule has 0 aromatic rings. The van der Waals surface area contributed by atoms with Crippen LogP contribution in [0.5, 0.6) is 0 Å². The van der Waals surface area contributed by atoms with Crippen molar-refractivity contribution in [3.63, 3.8) is 0 Å². The summed E-state index contributed by atoms with van der Waals surface area (Å²) in [6.07, 6.45) is 2.15. The number of nitrogens with one attached hydrogen (secondary N) is 1. The van der Waals surface area contributed by atoms with Crippen LogP contribution in [0.1, 0.15) is 20.3 Å². The average Bonchev–Trinajstić information content (AvgIpc) is 2.62. The van der Waals surface area contributed by atoms with Gasteiger partial charge in [0.2, 0.25) is 5.91 Å². The lowest BCUT2D eigenvalue weighted by atomic mass is 10.0. The van der Waals surface area contributed by atoms with Gasteiger partial charge in [-0.1, -0.05) is 13.8 Å². The number of carbonyl (C=O) groups is 4. The Balaban J connectivity index is 2.46. The highest BCUT2D eigenvalue weighted by Crippen LogP contribution is 2.05. The van der Waals surface area contributed by atoms with Gasteiger partial charge >= 0.3 is 5.97 Å². The first-order chi connectivity index (χ1) is 8.82. The lowest BCUT2D eigenvalue weighted by Crippen LogP contribution is -2.45. The standard InChI is InChI=1S/C12H16N2O5/c1-7(2)11(12(18)19)13-8(15)5-6-14-9(16)3-4-10(14)17/h3-4,7,11H,5-6H2,1-2H3,(H,13,15)(H,18,19)/t11-/m0/s1. The first-order valence-electron chi connectivity index (χ1n) is 5.88. The number of hydrogen-bond acceptors (Lipinski definition) is 4. The topological polar surface area (TPSA) is 104 Å². The molecule has 0 radical (unpaired) electrons. The predicted molar refractivity (Wildman–Crippen MR) is 64.9 cm³/mol. The molecule has 7 nitrogen and oxygen atoms in total. The van der Waals surface area contributed by atoms with Gasteiger partial charge in [-0.2, -0.15) is 0 Å². The minimum absolute atomic E-state index is 0.0546. The van der Waals surface area contributed by atoms with Crippen molar-refractivity contribution < 1.29 is 24.3 Å². The highest BCUT2D eigenvalue weighted by Gasteiger charge is 2.26. The van der Waals surface area contributed by atoms with Crippen LogP contribution in [-0.4, -0.2) is 46.3 Å². The zero-order valence-electron chi connectivity index (χ0n) is 10.8. The molecule has 7 heteroatoms. The molecule has 19 heavy (non-hydrogen) atoms. The van der Waals surface area contributed by atoms with Crippen molar-refractivity contribution in [1.29, 1.82) is 0 Å². The van der Waals surface area contributed by atoms with Crippen molar-refractivity contribution in [1.82, 2.24) is 10.2 Å².